The first-order chi connectivity index (χ1) is 11.5. The maximum atomic E-state index is 12.3. The predicted octanol–water partition coefficient (Wildman–Crippen LogP) is 3.81. The minimum absolute atomic E-state index is 0.0665. The van der Waals surface area contributed by atoms with E-state index in [2.05, 4.69) is 36.6 Å². The van der Waals surface area contributed by atoms with Crippen LogP contribution in [0.2, 0.25) is 0 Å². The first-order valence-corrected chi connectivity index (χ1v) is 8.17. The highest BCUT2D eigenvalue weighted by Gasteiger charge is 2.17. The minimum atomic E-state index is -0.162. The molecule has 1 atom stereocenters. The van der Waals surface area contributed by atoms with Crippen molar-refractivity contribution >= 4 is 17.4 Å². The lowest BCUT2D eigenvalue weighted by Crippen LogP contribution is -2.33. The number of nitrogens with one attached hydrogen (secondary N) is 2. The number of Topliss-reactive ketones (excluding diaryl/α,β-unsaturated/α-hetero) is 1. The van der Waals surface area contributed by atoms with Crippen molar-refractivity contribution in [1.82, 2.24) is 5.32 Å². The number of hydrogen-bond donors (Lipinski definition) is 2. The Bertz CT molecular complexity index is 696. The van der Waals surface area contributed by atoms with Gasteiger partial charge >= 0.3 is 0 Å². The van der Waals surface area contributed by atoms with Crippen LogP contribution in [0, 0.1) is 5.92 Å². The molecular weight excluding hydrogens is 300 g/mol. The molecule has 1 amide bonds. The van der Waals surface area contributed by atoms with Crippen molar-refractivity contribution in [3.8, 4) is 0 Å². The van der Waals surface area contributed by atoms with Gasteiger partial charge in [-0.3, -0.25) is 9.59 Å². The molecule has 0 fully saturated rings. The third-order valence-corrected chi connectivity index (χ3v) is 3.89. The van der Waals surface area contributed by atoms with E-state index in [1.54, 1.807) is 24.3 Å². The van der Waals surface area contributed by atoms with Gasteiger partial charge in [0.05, 0.1) is 12.2 Å². The van der Waals surface area contributed by atoms with E-state index in [9.17, 15) is 9.59 Å². The molecular formula is C20H24N2O2. The van der Waals surface area contributed by atoms with Crippen molar-refractivity contribution in [1.29, 1.82) is 0 Å². The Morgan fingerprint density at radius 2 is 1.58 bits per heavy atom. The summed E-state index contributed by atoms with van der Waals surface area (Å²) in [5.41, 5.74) is 2.23. The van der Waals surface area contributed by atoms with Gasteiger partial charge in [0.15, 0.2) is 5.78 Å². The topological polar surface area (TPSA) is 58.2 Å². The zero-order chi connectivity index (χ0) is 17.5. The second-order valence-electron chi connectivity index (χ2n) is 6.16. The minimum Gasteiger partial charge on any atom is -0.324 e. The fourth-order valence-electron chi connectivity index (χ4n) is 2.70. The van der Waals surface area contributed by atoms with Crippen molar-refractivity contribution in [2.24, 2.45) is 5.92 Å². The van der Waals surface area contributed by atoms with Crippen LogP contribution < -0.4 is 10.6 Å². The van der Waals surface area contributed by atoms with E-state index >= 15 is 0 Å². The summed E-state index contributed by atoms with van der Waals surface area (Å²) in [6, 6.07) is 17.2. The Morgan fingerprint density at radius 3 is 2.21 bits per heavy atom. The molecule has 24 heavy (non-hydrogen) atoms. The van der Waals surface area contributed by atoms with E-state index in [4.69, 9.17) is 0 Å². The van der Waals surface area contributed by atoms with Crippen LogP contribution in [0.4, 0.5) is 5.69 Å². The quantitative estimate of drug-likeness (QED) is 0.761. The fourth-order valence-corrected chi connectivity index (χ4v) is 2.70. The molecule has 0 aliphatic rings. The molecule has 0 saturated carbocycles. The first-order valence-electron chi connectivity index (χ1n) is 8.17. The Morgan fingerprint density at radius 1 is 0.958 bits per heavy atom. The Kier molecular flexibility index (Phi) is 6.27. The maximum absolute atomic E-state index is 12.3. The van der Waals surface area contributed by atoms with Gasteiger partial charge in [-0.2, -0.15) is 0 Å². The van der Waals surface area contributed by atoms with Gasteiger partial charge in [0.1, 0.15) is 0 Å². The standard InChI is InChI=1S/C20H24N2O2/c1-14(2)20(16-9-5-4-6-10-16)21-13-19(24)22-18-12-8-7-11-17(18)15(3)23/h4-12,14,20-21H,13H2,1-3H3,(H,22,24)/t20-/m1/s1. The number of ketones is 1. The van der Waals surface area contributed by atoms with Crippen LogP contribution in [-0.4, -0.2) is 18.2 Å². The zero-order valence-electron chi connectivity index (χ0n) is 14.4. The van der Waals surface area contributed by atoms with E-state index in [0.717, 1.165) is 5.56 Å². The van der Waals surface area contributed by atoms with E-state index in [1.807, 2.05) is 18.2 Å². The number of para-hydroxylation sites is 1. The maximum Gasteiger partial charge on any atom is 0.238 e. The average molecular weight is 324 g/mol. The lowest BCUT2D eigenvalue weighted by atomic mass is 9.96. The molecule has 2 N–H and O–H groups in total. The molecule has 2 aromatic carbocycles. The van der Waals surface area contributed by atoms with Crippen LogP contribution in [0.5, 0.6) is 0 Å². The van der Waals surface area contributed by atoms with Crippen LogP contribution in [0.1, 0.15) is 42.7 Å². The molecule has 0 saturated heterocycles. The number of carbonyl (C=O) groups is 2. The van der Waals surface area contributed by atoms with E-state index in [1.165, 1.54) is 6.92 Å². The summed E-state index contributed by atoms with van der Waals surface area (Å²) in [5, 5.41) is 6.12. The van der Waals surface area contributed by atoms with Crippen LogP contribution in [-0.2, 0) is 4.79 Å². The van der Waals surface area contributed by atoms with Gasteiger partial charge in [0.25, 0.3) is 0 Å². The highest BCUT2D eigenvalue weighted by Crippen LogP contribution is 2.21. The molecule has 0 unspecified atom stereocenters. The SMILES string of the molecule is CC(=O)c1ccccc1NC(=O)CN[C@@H](c1ccccc1)C(C)C. The second kappa shape index (κ2) is 8.41. The third-order valence-electron chi connectivity index (χ3n) is 3.89. The normalized spacial score (nSPS) is 12.0. The first kappa shape index (κ1) is 17.9. The summed E-state index contributed by atoms with van der Waals surface area (Å²) in [4.78, 5) is 23.9. The summed E-state index contributed by atoms with van der Waals surface area (Å²) in [5.74, 6) is 0.123. The van der Waals surface area contributed by atoms with Crippen molar-refractivity contribution in [2.45, 2.75) is 26.8 Å². The number of amides is 1. The molecule has 126 valence electrons. The molecule has 0 aliphatic heterocycles. The molecule has 2 aromatic rings. The van der Waals surface area contributed by atoms with E-state index in [-0.39, 0.29) is 24.3 Å². The molecule has 0 bridgehead atoms. The van der Waals surface area contributed by atoms with Crippen molar-refractivity contribution in [3.63, 3.8) is 0 Å². The number of rotatable bonds is 7. The van der Waals surface area contributed by atoms with Crippen LogP contribution in [0.15, 0.2) is 54.6 Å². The van der Waals surface area contributed by atoms with Crippen LogP contribution in [0.3, 0.4) is 0 Å². The van der Waals surface area contributed by atoms with Crippen molar-refractivity contribution in [2.75, 3.05) is 11.9 Å². The Balaban J connectivity index is 2.01. The Labute approximate surface area is 143 Å². The molecule has 0 spiro atoms. The molecule has 4 nitrogen and oxygen atoms in total. The number of hydrogen-bond acceptors (Lipinski definition) is 3. The third kappa shape index (κ3) is 4.77. The van der Waals surface area contributed by atoms with Gasteiger partial charge in [-0.1, -0.05) is 56.3 Å². The van der Waals surface area contributed by atoms with Gasteiger partial charge in [0.2, 0.25) is 5.91 Å². The van der Waals surface area contributed by atoms with Gasteiger partial charge in [0, 0.05) is 11.6 Å². The van der Waals surface area contributed by atoms with Crippen LogP contribution >= 0.6 is 0 Å². The highest BCUT2D eigenvalue weighted by atomic mass is 16.2. The van der Waals surface area contributed by atoms with Gasteiger partial charge < -0.3 is 10.6 Å². The molecule has 0 radical (unpaired) electrons. The van der Waals surface area contributed by atoms with E-state index in [0.29, 0.717) is 17.2 Å². The number of carbonyl (C=O) groups excluding carboxylic acids is 2. The number of anilines is 1. The van der Waals surface area contributed by atoms with Gasteiger partial charge in [-0.15, -0.1) is 0 Å². The van der Waals surface area contributed by atoms with E-state index < -0.39 is 0 Å². The summed E-state index contributed by atoms with van der Waals surface area (Å²) < 4.78 is 0. The number of benzene rings is 2. The highest BCUT2D eigenvalue weighted by molar-refractivity contribution is 6.04. The van der Waals surface area contributed by atoms with Crippen molar-refractivity contribution in [3.05, 3.63) is 65.7 Å². The molecule has 0 aromatic heterocycles. The molecule has 2 rings (SSSR count). The lowest BCUT2D eigenvalue weighted by molar-refractivity contribution is -0.115. The summed E-state index contributed by atoms with van der Waals surface area (Å²) in [6.45, 7) is 5.92. The zero-order valence-corrected chi connectivity index (χ0v) is 14.4. The Hall–Kier alpha value is -2.46. The summed E-state index contributed by atoms with van der Waals surface area (Å²) >= 11 is 0. The molecule has 0 aliphatic carbocycles. The average Bonchev–Trinajstić information content (AvgIpc) is 2.56. The van der Waals surface area contributed by atoms with Gasteiger partial charge in [-0.05, 0) is 30.5 Å². The molecule has 4 heteroatoms. The summed E-state index contributed by atoms with van der Waals surface area (Å²) in [6.07, 6.45) is 0. The van der Waals surface area contributed by atoms with Crippen LogP contribution in [0.25, 0.3) is 0 Å². The van der Waals surface area contributed by atoms with Crippen molar-refractivity contribution < 1.29 is 9.59 Å². The second-order valence-corrected chi connectivity index (χ2v) is 6.16. The monoisotopic (exact) mass is 324 g/mol. The largest absolute Gasteiger partial charge is 0.324 e. The fraction of sp³-hybridized carbons (Fsp3) is 0.300. The molecule has 0 heterocycles. The smallest absolute Gasteiger partial charge is 0.238 e. The lowest BCUT2D eigenvalue weighted by Gasteiger charge is -2.23. The predicted molar refractivity (Wildman–Crippen MR) is 97.1 cm³/mol. The summed E-state index contributed by atoms with van der Waals surface area (Å²) in [7, 11) is 0. The van der Waals surface area contributed by atoms with Gasteiger partial charge in [-0.25, -0.2) is 0 Å².